The largest absolute Gasteiger partial charge is 0.454 e. The van der Waals surface area contributed by atoms with Crippen molar-refractivity contribution in [2.75, 3.05) is 33.0 Å². The minimum Gasteiger partial charge on any atom is -0.454 e. The maximum absolute atomic E-state index is 13.0. The molecule has 1 aliphatic carbocycles. The highest BCUT2D eigenvalue weighted by Gasteiger charge is 2.34. The van der Waals surface area contributed by atoms with Crippen LogP contribution in [0.3, 0.4) is 0 Å². The van der Waals surface area contributed by atoms with Crippen LogP contribution in [0.15, 0.2) is 47.4 Å². The topological polar surface area (TPSA) is 71.1 Å². The summed E-state index contributed by atoms with van der Waals surface area (Å²) in [7, 11) is -3.57. The number of nitrogens with one attached hydrogen (secondary N) is 1. The number of sulfonamides is 1. The third kappa shape index (κ3) is 5.30. The third-order valence-corrected chi connectivity index (χ3v) is 8.64. The molecule has 0 amide bonds. The van der Waals surface area contributed by atoms with Gasteiger partial charge in [0.25, 0.3) is 0 Å². The molecule has 0 radical (unpaired) electrons. The van der Waals surface area contributed by atoms with Crippen LogP contribution in [-0.4, -0.2) is 63.3 Å². The molecule has 1 N–H and O–H groups in total. The summed E-state index contributed by atoms with van der Waals surface area (Å²) < 4.78 is 39.9. The smallest absolute Gasteiger partial charge is 0.240 e. The summed E-state index contributed by atoms with van der Waals surface area (Å²) in [6.07, 6.45) is 4.08. The van der Waals surface area contributed by atoms with Crippen molar-refractivity contribution in [3.63, 3.8) is 0 Å². The van der Waals surface area contributed by atoms with Gasteiger partial charge in [0.2, 0.25) is 16.8 Å². The summed E-state index contributed by atoms with van der Waals surface area (Å²) in [5, 5.41) is 0.531. The van der Waals surface area contributed by atoms with Crippen molar-refractivity contribution >= 4 is 21.6 Å². The second-order valence-corrected chi connectivity index (χ2v) is 11.2. The third-order valence-electron chi connectivity index (χ3n) is 6.88. The summed E-state index contributed by atoms with van der Waals surface area (Å²) in [6.45, 7) is 4.97. The van der Waals surface area contributed by atoms with E-state index in [9.17, 15) is 8.42 Å². The van der Waals surface area contributed by atoms with E-state index in [1.54, 1.807) is 24.3 Å². The maximum Gasteiger partial charge on any atom is 0.240 e. The Morgan fingerprint density at radius 1 is 0.939 bits per heavy atom. The molecule has 2 aromatic carbocycles. The van der Waals surface area contributed by atoms with Crippen molar-refractivity contribution in [2.24, 2.45) is 0 Å². The zero-order valence-corrected chi connectivity index (χ0v) is 20.2. The van der Waals surface area contributed by atoms with Crippen LogP contribution in [0, 0.1) is 0 Å². The van der Waals surface area contributed by atoms with E-state index < -0.39 is 10.0 Å². The highest BCUT2D eigenvalue weighted by Crippen LogP contribution is 2.33. The van der Waals surface area contributed by atoms with Gasteiger partial charge in [-0.05, 0) is 54.8 Å². The predicted molar refractivity (Wildman–Crippen MR) is 127 cm³/mol. The highest BCUT2D eigenvalue weighted by atomic mass is 35.5. The standard InChI is InChI=1S/C24H30ClN3O4S/c25-19-6-8-20(9-7-19)33(29,30)26-21-3-1-2-4-22(21)28-13-11-27(12-14-28)16-18-5-10-23-24(15-18)32-17-31-23/h5-10,15,21-22,26H,1-4,11-14,16-17H2. The zero-order valence-electron chi connectivity index (χ0n) is 18.6. The lowest BCUT2D eigenvalue weighted by atomic mass is 9.89. The Labute approximate surface area is 200 Å². The van der Waals surface area contributed by atoms with Crippen LogP contribution in [0.1, 0.15) is 31.2 Å². The number of nitrogens with zero attached hydrogens (tertiary/aromatic N) is 2. The first-order valence-corrected chi connectivity index (χ1v) is 13.5. The first kappa shape index (κ1) is 22.9. The number of hydrogen-bond acceptors (Lipinski definition) is 6. The van der Waals surface area contributed by atoms with E-state index in [4.69, 9.17) is 21.1 Å². The SMILES string of the molecule is O=S(=O)(NC1CCCCC1N1CCN(Cc2ccc3c(c2)OCO3)CC1)c1ccc(Cl)cc1. The highest BCUT2D eigenvalue weighted by molar-refractivity contribution is 7.89. The van der Waals surface area contributed by atoms with E-state index in [0.717, 1.165) is 69.9 Å². The Morgan fingerprint density at radius 2 is 1.67 bits per heavy atom. The van der Waals surface area contributed by atoms with E-state index in [1.807, 2.05) is 6.07 Å². The Kier molecular flexibility index (Phi) is 6.81. The maximum atomic E-state index is 13.0. The fourth-order valence-corrected chi connectivity index (χ4v) is 6.55. The molecular weight excluding hydrogens is 462 g/mol. The molecule has 1 saturated heterocycles. The molecule has 2 atom stereocenters. The lowest BCUT2D eigenvalue weighted by Gasteiger charge is -2.44. The van der Waals surface area contributed by atoms with Gasteiger partial charge in [0.05, 0.1) is 4.90 Å². The predicted octanol–water partition coefficient (Wildman–Crippen LogP) is 3.48. The number of halogens is 1. The van der Waals surface area contributed by atoms with Gasteiger partial charge in [0.15, 0.2) is 11.5 Å². The van der Waals surface area contributed by atoms with Crippen LogP contribution < -0.4 is 14.2 Å². The molecule has 2 unspecified atom stereocenters. The monoisotopic (exact) mass is 491 g/mol. The molecule has 5 rings (SSSR count). The second kappa shape index (κ2) is 9.80. The summed E-state index contributed by atoms with van der Waals surface area (Å²) >= 11 is 5.93. The molecule has 2 aromatic rings. The second-order valence-electron chi connectivity index (χ2n) is 9.03. The lowest BCUT2D eigenvalue weighted by molar-refractivity contribution is 0.0631. The number of hydrogen-bond donors (Lipinski definition) is 1. The minimum absolute atomic E-state index is 0.0696. The van der Waals surface area contributed by atoms with Gasteiger partial charge < -0.3 is 9.47 Å². The van der Waals surface area contributed by atoms with E-state index in [2.05, 4.69) is 26.7 Å². The molecule has 1 saturated carbocycles. The number of fused-ring (bicyclic) bond motifs is 1. The number of ether oxygens (including phenoxy) is 2. The number of benzene rings is 2. The van der Waals surface area contributed by atoms with Crippen molar-refractivity contribution in [2.45, 2.75) is 49.2 Å². The molecule has 7 nitrogen and oxygen atoms in total. The molecule has 2 heterocycles. The van der Waals surface area contributed by atoms with Crippen molar-refractivity contribution < 1.29 is 17.9 Å². The fourth-order valence-electron chi connectivity index (χ4n) is 5.12. The summed E-state index contributed by atoms with van der Waals surface area (Å²) in [5.74, 6) is 1.64. The normalized spacial score (nSPS) is 24.2. The average molecular weight is 492 g/mol. The summed E-state index contributed by atoms with van der Waals surface area (Å²) in [5.41, 5.74) is 1.22. The first-order chi connectivity index (χ1) is 16.0. The molecule has 2 aliphatic heterocycles. The minimum atomic E-state index is -3.57. The van der Waals surface area contributed by atoms with E-state index in [0.29, 0.717) is 11.8 Å². The van der Waals surface area contributed by atoms with Gasteiger partial charge >= 0.3 is 0 Å². The quantitative estimate of drug-likeness (QED) is 0.667. The van der Waals surface area contributed by atoms with Crippen LogP contribution in [0.25, 0.3) is 0 Å². The Bertz CT molecular complexity index is 1070. The van der Waals surface area contributed by atoms with Crippen molar-refractivity contribution in [3.8, 4) is 11.5 Å². The van der Waals surface area contributed by atoms with E-state index in [-0.39, 0.29) is 17.0 Å². The lowest BCUT2D eigenvalue weighted by Crippen LogP contribution is -2.58. The zero-order chi connectivity index (χ0) is 22.8. The van der Waals surface area contributed by atoms with Gasteiger partial charge in [0, 0.05) is 49.8 Å². The van der Waals surface area contributed by atoms with Crippen LogP contribution >= 0.6 is 11.6 Å². The van der Waals surface area contributed by atoms with Gasteiger partial charge in [-0.3, -0.25) is 9.80 Å². The molecule has 9 heteroatoms. The molecule has 3 aliphatic rings. The van der Waals surface area contributed by atoms with Crippen LogP contribution in [0.5, 0.6) is 11.5 Å². The van der Waals surface area contributed by atoms with Crippen LogP contribution in [0.2, 0.25) is 5.02 Å². The summed E-state index contributed by atoms with van der Waals surface area (Å²) in [4.78, 5) is 5.19. The Balaban J connectivity index is 1.19. The summed E-state index contributed by atoms with van der Waals surface area (Å²) in [6, 6.07) is 12.7. The van der Waals surface area contributed by atoms with Gasteiger partial charge in [-0.2, -0.15) is 0 Å². The molecule has 178 valence electrons. The molecule has 0 bridgehead atoms. The Hall–Kier alpha value is -1.84. The van der Waals surface area contributed by atoms with Crippen molar-refractivity contribution in [3.05, 3.63) is 53.1 Å². The molecule has 0 aromatic heterocycles. The molecular formula is C24H30ClN3O4S. The number of rotatable bonds is 6. The fraction of sp³-hybridized carbons (Fsp3) is 0.500. The van der Waals surface area contributed by atoms with E-state index in [1.165, 1.54) is 5.56 Å². The van der Waals surface area contributed by atoms with Crippen LogP contribution in [0.4, 0.5) is 0 Å². The van der Waals surface area contributed by atoms with E-state index >= 15 is 0 Å². The average Bonchev–Trinajstić information content (AvgIpc) is 3.28. The van der Waals surface area contributed by atoms with Gasteiger partial charge in [0.1, 0.15) is 0 Å². The molecule has 2 fully saturated rings. The van der Waals surface area contributed by atoms with Gasteiger partial charge in [-0.1, -0.05) is 30.5 Å². The first-order valence-electron chi connectivity index (χ1n) is 11.6. The van der Waals surface area contributed by atoms with Gasteiger partial charge in [-0.15, -0.1) is 0 Å². The number of piperazine rings is 1. The van der Waals surface area contributed by atoms with Crippen molar-refractivity contribution in [1.29, 1.82) is 0 Å². The molecule has 33 heavy (non-hydrogen) atoms. The Morgan fingerprint density at radius 3 is 2.45 bits per heavy atom. The van der Waals surface area contributed by atoms with Crippen LogP contribution in [-0.2, 0) is 16.6 Å². The van der Waals surface area contributed by atoms with Gasteiger partial charge in [-0.25, -0.2) is 13.1 Å². The molecule has 0 spiro atoms. The van der Waals surface area contributed by atoms with Crippen molar-refractivity contribution in [1.82, 2.24) is 14.5 Å².